The number of hydrogen-bond donors (Lipinski definition) is 0. The van der Waals surface area contributed by atoms with Crippen molar-refractivity contribution >= 4 is 23.2 Å². The highest BCUT2D eigenvalue weighted by atomic mass is 35.5. The maximum atomic E-state index is 13.3. The van der Waals surface area contributed by atoms with E-state index in [1.807, 2.05) is 30.3 Å². The van der Waals surface area contributed by atoms with Gasteiger partial charge < -0.3 is 0 Å². The first-order valence-corrected chi connectivity index (χ1v) is 8.87. The van der Waals surface area contributed by atoms with Crippen LogP contribution >= 0.6 is 23.2 Å². The smallest absolute Gasteiger partial charge is 0.179 e. The molecule has 0 aliphatic carbocycles. The largest absolute Gasteiger partial charge is 0.253 e. The van der Waals surface area contributed by atoms with Gasteiger partial charge in [0.2, 0.25) is 0 Å². The van der Waals surface area contributed by atoms with Gasteiger partial charge in [0.1, 0.15) is 11.5 Å². The van der Waals surface area contributed by atoms with Gasteiger partial charge in [0.25, 0.3) is 0 Å². The molecule has 2 aromatic carbocycles. The van der Waals surface area contributed by atoms with Crippen LogP contribution in [-0.4, -0.2) is 15.0 Å². The lowest BCUT2D eigenvalue weighted by Gasteiger charge is -2.09. The first-order valence-electron chi connectivity index (χ1n) is 8.12. The normalized spacial score (nSPS) is 10.8. The lowest BCUT2D eigenvalue weighted by Crippen LogP contribution is -1.97. The van der Waals surface area contributed by atoms with E-state index in [1.54, 1.807) is 30.5 Å². The number of aromatic nitrogens is 3. The maximum absolute atomic E-state index is 13.3. The molecule has 0 atom stereocenters. The number of benzene rings is 2. The van der Waals surface area contributed by atoms with Crippen LogP contribution in [0.2, 0.25) is 10.0 Å². The van der Waals surface area contributed by atoms with Gasteiger partial charge in [-0.05, 0) is 54.6 Å². The molecule has 0 unspecified atom stereocenters. The SMILES string of the molecule is Fc1ccc(-c2cc(-c3ccc(Cl)c(Cl)c3)nc(-c3ccccn3)n2)cc1. The Morgan fingerprint density at radius 3 is 2.04 bits per heavy atom. The second-order valence-corrected chi connectivity index (χ2v) is 6.63. The lowest BCUT2D eigenvalue weighted by molar-refractivity contribution is 0.628. The fraction of sp³-hybridized carbons (Fsp3) is 0. The van der Waals surface area contributed by atoms with Gasteiger partial charge in [0.15, 0.2) is 5.82 Å². The molecular formula is C21H12Cl2FN3. The molecule has 132 valence electrons. The van der Waals surface area contributed by atoms with E-state index >= 15 is 0 Å². The van der Waals surface area contributed by atoms with Crippen molar-refractivity contribution in [1.82, 2.24) is 15.0 Å². The Morgan fingerprint density at radius 1 is 0.667 bits per heavy atom. The van der Waals surface area contributed by atoms with Gasteiger partial charge in [-0.2, -0.15) is 0 Å². The Labute approximate surface area is 165 Å². The minimum Gasteiger partial charge on any atom is -0.253 e. The van der Waals surface area contributed by atoms with E-state index in [1.165, 1.54) is 12.1 Å². The molecule has 6 heteroatoms. The average Bonchev–Trinajstić information content (AvgIpc) is 2.71. The van der Waals surface area contributed by atoms with E-state index in [0.717, 1.165) is 11.1 Å². The van der Waals surface area contributed by atoms with Crippen LogP contribution in [0.5, 0.6) is 0 Å². The first kappa shape index (κ1) is 17.6. The Balaban J connectivity index is 1.91. The van der Waals surface area contributed by atoms with Crippen LogP contribution in [0, 0.1) is 5.82 Å². The predicted octanol–water partition coefficient (Wildman–Crippen LogP) is 6.32. The molecule has 27 heavy (non-hydrogen) atoms. The van der Waals surface area contributed by atoms with E-state index in [4.69, 9.17) is 23.2 Å². The van der Waals surface area contributed by atoms with Crippen molar-refractivity contribution in [2.75, 3.05) is 0 Å². The maximum Gasteiger partial charge on any atom is 0.179 e. The Hall–Kier alpha value is -2.82. The molecule has 0 saturated carbocycles. The molecule has 0 fully saturated rings. The van der Waals surface area contributed by atoms with Crippen LogP contribution in [0.25, 0.3) is 34.0 Å². The molecule has 4 aromatic rings. The summed E-state index contributed by atoms with van der Waals surface area (Å²) in [5, 5.41) is 0.911. The quantitative estimate of drug-likeness (QED) is 0.407. The van der Waals surface area contributed by atoms with E-state index in [-0.39, 0.29) is 5.82 Å². The minimum absolute atomic E-state index is 0.303. The monoisotopic (exact) mass is 395 g/mol. The standard InChI is InChI=1S/C21H12Cl2FN3/c22-16-9-6-14(11-17(16)23)20-12-19(13-4-7-15(24)8-5-13)26-21(27-20)18-3-1-2-10-25-18/h1-12H. The number of pyridine rings is 1. The van der Waals surface area contributed by atoms with Crippen molar-refractivity contribution < 1.29 is 4.39 Å². The summed E-state index contributed by atoms with van der Waals surface area (Å²) in [6.45, 7) is 0. The van der Waals surface area contributed by atoms with Gasteiger partial charge in [0.05, 0.1) is 21.4 Å². The molecule has 2 aromatic heterocycles. The Morgan fingerprint density at radius 2 is 1.37 bits per heavy atom. The summed E-state index contributed by atoms with van der Waals surface area (Å²) >= 11 is 12.2. The Bertz CT molecular complexity index is 1100. The third kappa shape index (κ3) is 3.82. The zero-order chi connectivity index (χ0) is 18.8. The third-order valence-corrected chi connectivity index (χ3v) is 4.71. The van der Waals surface area contributed by atoms with Gasteiger partial charge in [0, 0.05) is 17.3 Å². The van der Waals surface area contributed by atoms with E-state index in [9.17, 15) is 4.39 Å². The molecule has 0 bridgehead atoms. The van der Waals surface area contributed by atoms with Crippen LogP contribution in [0.4, 0.5) is 4.39 Å². The topological polar surface area (TPSA) is 38.7 Å². The molecule has 0 N–H and O–H groups in total. The summed E-state index contributed by atoms with van der Waals surface area (Å²) in [6, 6.07) is 18.8. The molecule has 0 aliphatic heterocycles. The van der Waals surface area contributed by atoms with Crippen LogP contribution in [0.15, 0.2) is 72.9 Å². The molecule has 0 aliphatic rings. The zero-order valence-electron chi connectivity index (χ0n) is 13.9. The summed E-state index contributed by atoms with van der Waals surface area (Å²) < 4.78 is 13.3. The predicted molar refractivity (Wildman–Crippen MR) is 106 cm³/mol. The summed E-state index contributed by atoms with van der Waals surface area (Å²) in [4.78, 5) is 13.6. The highest BCUT2D eigenvalue weighted by Gasteiger charge is 2.12. The van der Waals surface area contributed by atoms with Gasteiger partial charge >= 0.3 is 0 Å². The minimum atomic E-state index is -0.303. The van der Waals surface area contributed by atoms with Gasteiger partial charge in [-0.1, -0.05) is 35.3 Å². The third-order valence-electron chi connectivity index (χ3n) is 3.98. The second kappa shape index (κ2) is 7.43. The van der Waals surface area contributed by atoms with Crippen molar-refractivity contribution in [1.29, 1.82) is 0 Å². The van der Waals surface area contributed by atoms with Crippen molar-refractivity contribution in [3.63, 3.8) is 0 Å². The van der Waals surface area contributed by atoms with Crippen LogP contribution in [0.3, 0.4) is 0 Å². The van der Waals surface area contributed by atoms with E-state index in [2.05, 4.69) is 15.0 Å². The van der Waals surface area contributed by atoms with Gasteiger partial charge in [-0.15, -0.1) is 0 Å². The second-order valence-electron chi connectivity index (χ2n) is 5.81. The summed E-state index contributed by atoms with van der Waals surface area (Å²) in [5.74, 6) is 0.168. The fourth-order valence-electron chi connectivity index (χ4n) is 2.63. The van der Waals surface area contributed by atoms with Crippen molar-refractivity contribution in [2.24, 2.45) is 0 Å². The van der Waals surface area contributed by atoms with Crippen molar-refractivity contribution in [3.05, 3.63) is 88.8 Å². The highest BCUT2D eigenvalue weighted by molar-refractivity contribution is 6.42. The van der Waals surface area contributed by atoms with Crippen LogP contribution < -0.4 is 0 Å². The Kier molecular flexibility index (Phi) is 4.84. The number of rotatable bonds is 3. The number of halogens is 3. The van der Waals surface area contributed by atoms with Crippen LogP contribution in [-0.2, 0) is 0 Å². The molecule has 0 radical (unpaired) electrons. The molecule has 4 rings (SSSR count). The van der Waals surface area contributed by atoms with Crippen molar-refractivity contribution in [2.45, 2.75) is 0 Å². The van der Waals surface area contributed by atoms with Gasteiger partial charge in [-0.25, -0.2) is 14.4 Å². The molecule has 3 nitrogen and oxygen atoms in total. The zero-order valence-corrected chi connectivity index (χ0v) is 15.4. The summed E-state index contributed by atoms with van der Waals surface area (Å²) in [6.07, 6.45) is 1.68. The summed E-state index contributed by atoms with van der Waals surface area (Å²) in [5.41, 5.74) is 3.54. The van der Waals surface area contributed by atoms with Gasteiger partial charge in [-0.3, -0.25) is 4.98 Å². The molecule has 2 heterocycles. The highest BCUT2D eigenvalue weighted by Crippen LogP contribution is 2.31. The van der Waals surface area contributed by atoms with Crippen LogP contribution in [0.1, 0.15) is 0 Å². The molecule has 0 saturated heterocycles. The molecule has 0 amide bonds. The average molecular weight is 396 g/mol. The van der Waals surface area contributed by atoms with E-state index < -0.39 is 0 Å². The number of hydrogen-bond acceptors (Lipinski definition) is 3. The lowest BCUT2D eigenvalue weighted by atomic mass is 10.1. The molecule has 0 spiro atoms. The first-order chi connectivity index (χ1) is 13.1. The molecular weight excluding hydrogens is 384 g/mol. The number of nitrogens with zero attached hydrogens (tertiary/aromatic N) is 3. The summed E-state index contributed by atoms with van der Waals surface area (Å²) in [7, 11) is 0. The van der Waals surface area contributed by atoms with E-state index in [0.29, 0.717) is 33.0 Å². The fourth-order valence-corrected chi connectivity index (χ4v) is 2.93. The van der Waals surface area contributed by atoms with Crippen molar-refractivity contribution in [3.8, 4) is 34.0 Å².